The van der Waals surface area contributed by atoms with Gasteiger partial charge >= 0.3 is 0 Å². The van der Waals surface area contributed by atoms with Gasteiger partial charge in [-0.3, -0.25) is 0 Å². The molecule has 0 aliphatic heterocycles. The molecule has 0 amide bonds. The molecule has 0 aliphatic carbocycles. The average molecular weight is 418 g/mol. The average Bonchev–Trinajstić information content (AvgIpc) is 3.19. The largest absolute Gasteiger partial charge is 0.269 e. The third-order valence-electron chi connectivity index (χ3n) is 3.85. The summed E-state index contributed by atoms with van der Waals surface area (Å²) in [5, 5.41) is 8.44. The molecule has 0 fully saturated rings. The molecule has 0 radical (unpaired) electrons. The van der Waals surface area contributed by atoms with Crippen LogP contribution in [0.1, 0.15) is 0 Å². The first-order valence-electron chi connectivity index (χ1n) is 7.32. The van der Waals surface area contributed by atoms with Gasteiger partial charge in [0, 0.05) is 23.1 Å². The lowest BCUT2D eigenvalue weighted by molar-refractivity contribution is 0.588. The molecule has 0 unspecified atom stereocenters. The Morgan fingerprint density at radius 3 is 2.52 bits per heavy atom. The molecule has 3 heterocycles. The molecular weight excluding hydrogens is 406 g/mol. The molecule has 0 bridgehead atoms. The number of halogens is 1. The Hall–Kier alpha value is -2.52. The molecule has 0 saturated carbocycles. The van der Waals surface area contributed by atoms with E-state index in [0.29, 0.717) is 26.9 Å². The number of nitrogens with zero attached hydrogens (tertiary/aromatic N) is 5. The van der Waals surface area contributed by atoms with Crippen molar-refractivity contribution in [1.29, 1.82) is 0 Å². The highest BCUT2D eigenvalue weighted by atomic mass is 79.9. The number of aryl methyl sites for hydroxylation is 1. The first-order chi connectivity index (χ1) is 12.0. The van der Waals surface area contributed by atoms with Gasteiger partial charge in [-0.15, -0.1) is 5.10 Å². The molecule has 1 aromatic carbocycles. The van der Waals surface area contributed by atoms with E-state index >= 15 is 0 Å². The van der Waals surface area contributed by atoms with Crippen molar-refractivity contribution in [3.8, 4) is 11.4 Å². The van der Waals surface area contributed by atoms with Crippen molar-refractivity contribution in [2.24, 2.45) is 7.05 Å². The summed E-state index contributed by atoms with van der Waals surface area (Å²) < 4.78 is 29.4. The maximum Gasteiger partial charge on any atom is 0.269 e. The number of benzene rings is 1. The van der Waals surface area contributed by atoms with Crippen LogP contribution in [-0.2, 0) is 17.1 Å². The number of hydrogen-bond acceptors (Lipinski definition) is 5. The zero-order chi connectivity index (χ0) is 17.6. The Labute approximate surface area is 152 Å². The van der Waals surface area contributed by atoms with E-state index in [9.17, 15) is 8.42 Å². The van der Waals surface area contributed by atoms with Crippen molar-refractivity contribution in [2.75, 3.05) is 0 Å². The van der Waals surface area contributed by atoms with E-state index in [4.69, 9.17) is 0 Å². The fraction of sp³-hybridized carbons (Fsp3) is 0.0625. The van der Waals surface area contributed by atoms with Crippen LogP contribution in [0.3, 0.4) is 0 Å². The number of fused-ring (bicyclic) bond motifs is 1. The SMILES string of the molecule is Cn1nncc1-c1ccc2c(Br)cn(S(=O)(=O)c3ccccc3)c2n1. The van der Waals surface area contributed by atoms with Crippen LogP contribution in [0.4, 0.5) is 0 Å². The van der Waals surface area contributed by atoms with E-state index in [2.05, 4.69) is 31.2 Å². The van der Waals surface area contributed by atoms with Crippen LogP contribution in [0, 0.1) is 0 Å². The maximum absolute atomic E-state index is 13.0. The van der Waals surface area contributed by atoms with E-state index in [1.807, 2.05) is 12.1 Å². The van der Waals surface area contributed by atoms with Crippen LogP contribution in [0.25, 0.3) is 22.4 Å². The van der Waals surface area contributed by atoms with Crippen molar-refractivity contribution in [2.45, 2.75) is 4.90 Å². The Kier molecular flexibility index (Phi) is 3.69. The van der Waals surface area contributed by atoms with Gasteiger partial charge in [0.2, 0.25) is 0 Å². The van der Waals surface area contributed by atoms with E-state index < -0.39 is 10.0 Å². The fourth-order valence-electron chi connectivity index (χ4n) is 2.59. The highest BCUT2D eigenvalue weighted by Gasteiger charge is 2.22. The summed E-state index contributed by atoms with van der Waals surface area (Å²) >= 11 is 3.42. The number of rotatable bonds is 3. The zero-order valence-electron chi connectivity index (χ0n) is 13.0. The van der Waals surface area contributed by atoms with E-state index in [1.54, 1.807) is 48.3 Å². The normalized spacial score (nSPS) is 11.9. The van der Waals surface area contributed by atoms with Crippen LogP contribution < -0.4 is 0 Å². The van der Waals surface area contributed by atoms with Gasteiger partial charge in [-0.1, -0.05) is 23.4 Å². The summed E-state index contributed by atoms with van der Waals surface area (Å²) in [4.78, 5) is 4.75. The molecule has 25 heavy (non-hydrogen) atoms. The van der Waals surface area contributed by atoms with Crippen molar-refractivity contribution in [3.63, 3.8) is 0 Å². The van der Waals surface area contributed by atoms with Crippen LogP contribution >= 0.6 is 15.9 Å². The molecule has 0 aliphatic rings. The van der Waals surface area contributed by atoms with Crippen LogP contribution in [0.5, 0.6) is 0 Å². The van der Waals surface area contributed by atoms with Gasteiger partial charge < -0.3 is 0 Å². The van der Waals surface area contributed by atoms with Crippen molar-refractivity contribution in [3.05, 3.63) is 59.3 Å². The molecule has 4 rings (SSSR count). The third kappa shape index (κ3) is 2.56. The summed E-state index contributed by atoms with van der Waals surface area (Å²) in [6, 6.07) is 11.9. The number of aromatic nitrogens is 5. The molecule has 7 nitrogen and oxygen atoms in total. The lowest BCUT2D eigenvalue weighted by atomic mass is 10.2. The highest BCUT2D eigenvalue weighted by Crippen LogP contribution is 2.30. The number of pyridine rings is 1. The second-order valence-corrected chi connectivity index (χ2v) is 8.07. The minimum atomic E-state index is -3.75. The lowest BCUT2D eigenvalue weighted by Crippen LogP contribution is -2.12. The Balaban J connectivity index is 1.98. The monoisotopic (exact) mass is 417 g/mol. The van der Waals surface area contributed by atoms with Crippen molar-refractivity contribution >= 4 is 37.0 Å². The van der Waals surface area contributed by atoms with E-state index in [-0.39, 0.29) is 4.90 Å². The molecule has 126 valence electrons. The van der Waals surface area contributed by atoms with Gasteiger partial charge in [0.25, 0.3) is 10.0 Å². The van der Waals surface area contributed by atoms with Crippen LogP contribution in [0.2, 0.25) is 0 Å². The fourth-order valence-corrected chi connectivity index (χ4v) is 4.58. The molecule has 0 saturated heterocycles. The predicted molar refractivity (Wildman–Crippen MR) is 96.5 cm³/mol. The van der Waals surface area contributed by atoms with Crippen molar-refractivity contribution < 1.29 is 8.42 Å². The third-order valence-corrected chi connectivity index (χ3v) is 6.14. The topological polar surface area (TPSA) is 82.7 Å². The van der Waals surface area contributed by atoms with Gasteiger partial charge in [0.05, 0.1) is 16.8 Å². The summed E-state index contributed by atoms with van der Waals surface area (Å²) in [7, 11) is -2.00. The molecule has 0 spiro atoms. The van der Waals surface area contributed by atoms with E-state index in [1.165, 1.54) is 10.2 Å². The van der Waals surface area contributed by atoms with Gasteiger partial charge in [-0.2, -0.15) is 0 Å². The smallest absolute Gasteiger partial charge is 0.246 e. The van der Waals surface area contributed by atoms with Gasteiger partial charge in [0.1, 0.15) is 5.69 Å². The first kappa shape index (κ1) is 16.0. The summed E-state index contributed by atoms with van der Waals surface area (Å²) in [5.74, 6) is 0. The van der Waals surface area contributed by atoms with Gasteiger partial charge in [-0.25, -0.2) is 22.1 Å². The molecule has 9 heteroatoms. The lowest BCUT2D eigenvalue weighted by Gasteiger charge is -2.07. The predicted octanol–water partition coefficient (Wildman–Crippen LogP) is 2.83. The summed E-state index contributed by atoms with van der Waals surface area (Å²) in [6.45, 7) is 0. The van der Waals surface area contributed by atoms with Crippen LogP contribution in [0.15, 0.2) is 64.2 Å². The molecular formula is C16H12BrN5O2S. The van der Waals surface area contributed by atoms with E-state index in [0.717, 1.165) is 0 Å². The Morgan fingerprint density at radius 1 is 1.08 bits per heavy atom. The van der Waals surface area contributed by atoms with Crippen LogP contribution in [-0.4, -0.2) is 32.4 Å². The highest BCUT2D eigenvalue weighted by molar-refractivity contribution is 9.10. The molecule has 0 N–H and O–H groups in total. The molecule has 4 aromatic rings. The quantitative estimate of drug-likeness (QED) is 0.511. The van der Waals surface area contributed by atoms with Crippen molar-refractivity contribution in [1.82, 2.24) is 24.0 Å². The standard InChI is InChI=1S/C16H12BrN5O2S/c1-21-15(9-18-20-21)14-8-7-12-13(17)10-22(16(12)19-14)25(23,24)11-5-3-2-4-6-11/h2-10H,1H3. The summed E-state index contributed by atoms with van der Waals surface area (Å²) in [6.07, 6.45) is 3.10. The minimum absolute atomic E-state index is 0.203. The maximum atomic E-state index is 13.0. The second-order valence-electron chi connectivity index (χ2n) is 5.40. The zero-order valence-corrected chi connectivity index (χ0v) is 15.4. The molecule has 3 aromatic heterocycles. The minimum Gasteiger partial charge on any atom is -0.246 e. The Morgan fingerprint density at radius 2 is 1.84 bits per heavy atom. The first-order valence-corrected chi connectivity index (χ1v) is 9.55. The molecule has 0 atom stereocenters. The van der Waals surface area contributed by atoms with Gasteiger partial charge in [-0.05, 0) is 40.2 Å². The second kappa shape index (κ2) is 5.78. The number of hydrogen-bond donors (Lipinski definition) is 0. The summed E-state index contributed by atoms with van der Waals surface area (Å²) in [5.41, 5.74) is 1.63. The Bertz CT molecular complexity index is 1180. The van der Waals surface area contributed by atoms with Gasteiger partial charge in [0.15, 0.2) is 5.65 Å².